The Morgan fingerprint density at radius 3 is 2.20 bits per heavy atom. The van der Waals surface area contributed by atoms with Crippen LogP contribution in [0.15, 0.2) is 0 Å². The fourth-order valence-electron chi connectivity index (χ4n) is 0.856. The van der Waals surface area contributed by atoms with E-state index < -0.39 is 0 Å². The van der Waals surface area contributed by atoms with Crippen molar-refractivity contribution >= 4 is 58.7 Å². The minimum absolute atomic E-state index is 0. The normalized spacial score (nSPS) is 17.9. The van der Waals surface area contributed by atoms with E-state index in [-0.39, 0.29) is 29.6 Å². The third-order valence-corrected chi connectivity index (χ3v) is 1.93. The van der Waals surface area contributed by atoms with Crippen molar-refractivity contribution in [3.05, 3.63) is 0 Å². The number of nitrogens with zero attached hydrogens (tertiary/aromatic N) is 1. The summed E-state index contributed by atoms with van der Waals surface area (Å²) in [7, 11) is 0. The summed E-state index contributed by atoms with van der Waals surface area (Å²) >= 11 is 8.95. The van der Waals surface area contributed by atoms with E-state index in [1.54, 1.807) is 0 Å². The van der Waals surface area contributed by atoms with Crippen LogP contribution in [0, 0.1) is 0 Å². The van der Waals surface area contributed by atoms with E-state index in [9.17, 15) is 0 Å². The molecule has 0 aliphatic carbocycles. The third-order valence-electron chi connectivity index (χ3n) is 1.39. The zero-order valence-electron chi connectivity index (χ0n) is 5.13. The standard InChI is InChI=1S/C5H10N2S2.Na.H/c8-5(9)7-3-1-6-2-4-7;;/h6H,1-4H2,(H,8,9);;. The first-order valence-corrected chi connectivity index (χ1v) is 3.85. The Hall–Kier alpha value is 1.20. The SMILES string of the molecule is S=C(S)N1CCNCC1.[NaH]. The van der Waals surface area contributed by atoms with Crippen LogP contribution in [0.25, 0.3) is 0 Å². The van der Waals surface area contributed by atoms with Crippen LogP contribution in [-0.4, -0.2) is 65.0 Å². The van der Waals surface area contributed by atoms with Gasteiger partial charge in [0.25, 0.3) is 0 Å². The van der Waals surface area contributed by atoms with Crippen molar-refractivity contribution in [1.29, 1.82) is 0 Å². The van der Waals surface area contributed by atoms with Crippen molar-refractivity contribution in [3.8, 4) is 0 Å². The van der Waals surface area contributed by atoms with Gasteiger partial charge in [-0.2, -0.15) is 0 Å². The molecule has 0 atom stereocenters. The average Bonchev–Trinajstić information content (AvgIpc) is 1.90. The average molecular weight is 186 g/mol. The van der Waals surface area contributed by atoms with Crippen LogP contribution in [0.5, 0.6) is 0 Å². The van der Waals surface area contributed by atoms with Crippen molar-refractivity contribution in [2.24, 2.45) is 0 Å². The number of rotatable bonds is 0. The Labute approximate surface area is 94.4 Å². The first-order valence-electron chi connectivity index (χ1n) is 2.99. The number of thiocarbonyl (C=S) groups is 1. The van der Waals surface area contributed by atoms with Crippen LogP contribution >= 0.6 is 24.8 Å². The van der Waals surface area contributed by atoms with Gasteiger partial charge in [-0.05, 0) is 0 Å². The second-order valence-electron chi connectivity index (χ2n) is 2.02. The van der Waals surface area contributed by atoms with Gasteiger partial charge in [0.05, 0.1) is 0 Å². The van der Waals surface area contributed by atoms with Crippen LogP contribution < -0.4 is 5.32 Å². The number of thiol groups is 1. The summed E-state index contributed by atoms with van der Waals surface area (Å²) in [4.78, 5) is 2.09. The van der Waals surface area contributed by atoms with Crippen LogP contribution in [0.4, 0.5) is 0 Å². The molecule has 5 heteroatoms. The van der Waals surface area contributed by atoms with Gasteiger partial charge in [-0.3, -0.25) is 0 Å². The summed E-state index contributed by atoms with van der Waals surface area (Å²) in [5, 5.41) is 3.23. The molecule has 0 spiro atoms. The van der Waals surface area contributed by atoms with Gasteiger partial charge in [0.1, 0.15) is 4.32 Å². The van der Waals surface area contributed by atoms with E-state index in [4.69, 9.17) is 12.2 Å². The molecule has 1 rings (SSSR count). The molecule has 0 amide bonds. The summed E-state index contributed by atoms with van der Waals surface area (Å²) < 4.78 is 0.719. The molecular weight excluding hydrogens is 175 g/mol. The molecule has 2 nitrogen and oxygen atoms in total. The molecule has 0 unspecified atom stereocenters. The molecule has 0 radical (unpaired) electrons. The molecule has 1 heterocycles. The molecule has 0 bridgehead atoms. The van der Waals surface area contributed by atoms with Gasteiger partial charge >= 0.3 is 29.6 Å². The quantitative estimate of drug-likeness (QED) is 0.300. The Bertz CT molecular complexity index is 114. The number of hydrogen-bond donors (Lipinski definition) is 2. The van der Waals surface area contributed by atoms with Crippen LogP contribution in [0.3, 0.4) is 0 Å². The topological polar surface area (TPSA) is 15.3 Å². The molecule has 0 aromatic rings. The molecule has 1 aliphatic heterocycles. The van der Waals surface area contributed by atoms with Crippen molar-refractivity contribution in [1.82, 2.24) is 10.2 Å². The van der Waals surface area contributed by atoms with Gasteiger partial charge in [0.15, 0.2) is 0 Å². The van der Waals surface area contributed by atoms with Gasteiger partial charge in [0.2, 0.25) is 0 Å². The Morgan fingerprint density at radius 1 is 1.40 bits per heavy atom. The van der Waals surface area contributed by atoms with E-state index in [1.165, 1.54) is 0 Å². The Morgan fingerprint density at radius 2 is 1.90 bits per heavy atom. The first kappa shape index (κ1) is 11.2. The number of nitrogens with one attached hydrogen (secondary N) is 1. The molecular formula is C5H11N2NaS2. The van der Waals surface area contributed by atoms with Crippen LogP contribution in [-0.2, 0) is 0 Å². The van der Waals surface area contributed by atoms with Gasteiger partial charge in [0, 0.05) is 26.2 Å². The molecule has 54 valence electrons. The zero-order chi connectivity index (χ0) is 6.69. The Balaban J connectivity index is 0.000000810. The van der Waals surface area contributed by atoms with Crippen molar-refractivity contribution in [2.75, 3.05) is 26.2 Å². The molecule has 0 aromatic carbocycles. The summed E-state index contributed by atoms with van der Waals surface area (Å²) in [5.74, 6) is 0. The molecule has 10 heavy (non-hydrogen) atoms. The zero-order valence-corrected chi connectivity index (χ0v) is 6.84. The van der Waals surface area contributed by atoms with E-state index >= 15 is 0 Å². The maximum atomic E-state index is 4.88. The van der Waals surface area contributed by atoms with Crippen molar-refractivity contribution in [3.63, 3.8) is 0 Å². The molecule has 1 fully saturated rings. The molecule has 0 aromatic heterocycles. The summed E-state index contributed by atoms with van der Waals surface area (Å²) in [6.07, 6.45) is 0. The summed E-state index contributed by atoms with van der Waals surface area (Å²) in [5.41, 5.74) is 0. The predicted octanol–water partition coefficient (Wildman–Crippen LogP) is -0.542. The van der Waals surface area contributed by atoms with E-state index in [0.717, 1.165) is 30.5 Å². The van der Waals surface area contributed by atoms with Gasteiger partial charge in [-0.15, -0.1) is 12.6 Å². The predicted molar refractivity (Wildman–Crippen MR) is 53.2 cm³/mol. The van der Waals surface area contributed by atoms with Gasteiger partial charge in [-0.25, -0.2) is 0 Å². The first-order chi connectivity index (χ1) is 4.30. The fourth-order valence-corrected chi connectivity index (χ4v) is 1.24. The monoisotopic (exact) mass is 186 g/mol. The third kappa shape index (κ3) is 3.55. The Kier molecular flexibility index (Phi) is 6.50. The maximum absolute atomic E-state index is 4.88. The van der Waals surface area contributed by atoms with Crippen LogP contribution in [0.2, 0.25) is 0 Å². The molecule has 0 saturated carbocycles. The minimum atomic E-state index is 0. The molecule has 1 aliphatic rings. The van der Waals surface area contributed by atoms with E-state index in [2.05, 4.69) is 22.8 Å². The molecule has 1 N–H and O–H groups in total. The fraction of sp³-hybridized carbons (Fsp3) is 0.800. The van der Waals surface area contributed by atoms with Gasteiger partial charge in [-0.1, -0.05) is 12.2 Å². The second-order valence-corrected chi connectivity index (χ2v) is 3.13. The van der Waals surface area contributed by atoms with Gasteiger partial charge < -0.3 is 10.2 Å². The van der Waals surface area contributed by atoms with Crippen molar-refractivity contribution in [2.45, 2.75) is 0 Å². The number of hydrogen-bond acceptors (Lipinski definition) is 2. The van der Waals surface area contributed by atoms with Crippen molar-refractivity contribution < 1.29 is 0 Å². The van der Waals surface area contributed by atoms with E-state index in [1.807, 2.05) is 0 Å². The van der Waals surface area contributed by atoms with Crippen LogP contribution in [0.1, 0.15) is 0 Å². The second kappa shape index (κ2) is 5.80. The summed E-state index contributed by atoms with van der Waals surface area (Å²) in [6.45, 7) is 4.06. The molecule has 1 saturated heterocycles. The van der Waals surface area contributed by atoms with E-state index in [0.29, 0.717) is 0 Å². The summed E-state index contributed by atoms with van der Waals surface area (Å²) in [6, 6.07) is 0. The number of piperazine rings is 1.